The fraction of sp³-hybridized carbons (Fsp3) is 0.619. The van der Waals surface area contributed by atoms with Gasteiger partial charge in [0.05, 0.1) is 6.54 Å². The fourth-order valence-electron chi connectivity index (χ4n) is 3.44. The molecule has 1 aliphatic carbocycles. The van der Waals surface area contributed by atoms with Crippen LogP contribution >= 0.6 is 0 Å². The lowest BCUT2D eigenvalue weighted by molar-refractivity contribution is -0.118. The molecule has 1 fully saturated rings. The van der Waals surface area contributed by atoms with Crippen molar-refractivity contribution in [3.05, 3.63) is 29.8 Å². The average Bonchev–Trinajstić information content (AvgIpc) is 2.66. The molecular formula is C21H34N4O2. The molecular weight excluding hydrogens is 340 g/mol. The average molecular weight is 375 g/mol. The van der Waals surface area contributed by atoms with E-state index >= 15 is 0 Å². The third kappa shape index (κ3) is 7.59. The maximum Gasteiger partial charge on any atom is 0.321 e. The number of benzene rings is 1. The Morgan fingerprint density at radius 2 is 1.85 bits per heavy atom. The van der Waals surface area contributed by atoms with Gasteiger partial charge in [-0.15, -0.1) is 0 Å². The van der Waals surface area contributed by atoms with Crippen molar-refractivity contribution in [2.75, 3.05) is 25.5 Å². The minimum atomic E-state index is -0.444. The van der Waals surface area contributed by atoms with Gasteiger partial charge in [0.2, 0.25) is 5.91 Å². The molecule has 1 saturated carbocycles. The van der Waals surface area contributed by atoms with Gasteiger partial charge in [0.15, 0.2) is 0 Å². The van der Waals surface area contributed by atoms with Gasteiger partial charge in [0, 0.05) is 24.8 Å². The number of amides is 3. The van der Waals surface area contributed by atoms with Gasteiger partial charge in [0.1, 0.15) is 0 Å². The van der Waals surface area contributed by atoms with Crippen molar-refractivity contribution in [2.24, 2.45) is 5.92 Å². The normalized spacial score (nSPS) is 15.0. The number of rotatable bonds is 8. The molecule has 27 heavy (non-hydrogen) atoms. The Balaban J connectivity index is 1.84. The number of carbonyl (C=O) groups excluding carboxylic acids is 2. The summed E-state index contributed by atoms with van der Waals surface area (Å²) in [5.74, 6) is 0.00343. The van der Waals surface area contributed by atoms with Crippen molar-refractivity contribution >= 4 is 17.6 Å². The molecule has 0 aromatic heterocycles. The summed E-state index contributed by atoms with van der Waals surface area (Å²) in [4.78, 5) is 26.1. The molecule has 1 aromatic carbocycles. The van der Waals surface area contributed by atoms with Gasteiger partial charge in [-0.2, -0.15) is 0 Å². The van der Waals surface area contributed by atoms with Crippen LogP contribution in [-0.2, 0) is 11.3 Å². The summed E-state index contributed by atoms with van der Waals surface area (Å²) >= 11 is 0. The summed E-state index contributed by atoms with van der Waals surface area (Å²) in [6.45, 7) is 5.47. The van der Waals surface area contributed by atoms with Crippen molar-refractivity contribution in [1.82, 2.24) is 15.5 Å². The van der Waals surface area contributed by atoms with Crippen LogP contribution in [0, 0.1) is 5.92 Å². The second kappa shape index (κ2) is 10.9. The highest BCUT2D eigenvalue weighted by Gasteiger charge is 2.19. The second-order valence-corrected chi connectivity index (χ2v) is 7.87. The van der Waals surface area contributed by atoms with Gasteiger partial charge < -0.3 is 10.6 Å². The molecule has 6 nitrogen and oxygen atoms in total. The Morgan fingerprint density at radius 1 is 1.15 bits per heavy atom. The molecule has 0 atom stereocenters. The number of carbonyl (C=O) groups is 2. The van der Waals surface area contributed by atoms with Crippen LogP contribution in [0.1, 0.15) is 51.5 Å². The van der Waals surface area contributed by atoms with Gasteiger partial charge in [0.25, 0.3) is 0 Å². The first-order valence-electron chi connectivity index (χ1n) is 10.1. The Morgan fingerprint density at radius 3 is 2.56 bits per heavy atom. The predicted molar refractivity (Wildman–Crippen MR) is 110 cm³/mol. The monoisotopic (exact) mass is 374 g/mol. The molecule has 0 spiro atoms. The summed E-state index contributed by atoms with van der Waals surface area (Å²) < 4.78 is 0. The van der Waals surface area contributed by atoms with E-state index in [2.05, 4.69) is 34.0 Å². The van der Waals surface area contributed by atoms with Crippen LogP contribution in [0.3, 0.4) is 0 Å². The van der Waals surface area contributed by atoms with Crippen LogP contribution in [0.5, 0.6) is 0 Å². The van der Waals surface area contributed by atoms with Gasteiger partial charge in [-0.3, -0.25) is 15.0 Å². The van der Waals surface area contributed by atoms with Crippen molar-refractivity contribution < 1.29 is 9.59 Å². The first-order valence-corrected chi connectivity index (χ1v) is 10.1. The molecule has 0 radical (unpaired) electrons. The largest absolute Gasteiger partial charge is 0.376 e. The molecule has 6 heteroatoms. The van der Waals surface area contributed by atoms with E-state index in [0.29, 0.717) is 18.5 Å². The number of hydrogen-bond donors (Lipinski definition) is 3. The molecule has 3 amide bonds. The van der Waals surface area contributed by atoms with Crippen LogP contribution in [0.2, 0.25) is 0 Å². The fourth-order valence-corrected chi connectivity index (χ4v) is 3.44. The van der Waals surface area contributed by atoms with E-state index in [1.807, 2.05) is 32.0 Å². The first kappa shape index (κ1) is 21.2. The Bertz CT molecular complexity index is 612. The van der Waals surface area contributed by atoms with Gasteiger partial charge in [-0.1, -0.05) is 51.3 Å². The van der Waals surface area contributed by atoms with Crippen LogP contribution in [0.4, 0.5) is 10.5 Å². The lowest BCUT2D eigenvalue weighted by atomic mass is 9.94. The molecule has 1 aliphatic rings. The van der Waals surface area contributed by atoms with E-state index in [9.17, 15) is 9.59 Å². The Hall–Kier alpha value is -2.08. The Kier molecular flexibility index (Phi) is 8.58. The number of para-hydroxylation sites is 1. The summed E-state index contributed by atoms with van der Waals surface area (Å²) in [5, 5.41) is 8.21. The zero-order valence-corrected chi connectivity index (χ0v) is 16.9. The summed E-state index contributed by atoms with van der Waals surface area (Å²) in [6.07, 6.45) is 6.50. The number of imide groups is 1. The number of urea groups is 1. The maximum absolute atomic E-state index is 12.0. The third-order valence-electron chi connectivity index (χ3n) is 5.00. The molecule has 0 bridgehead atoms. The maximum atomic E-state index is 12.0. The lowest BCUT2D eigenvalue weighted by Gasteiger charge is -2.31. The van der Waals surface area contributed by atoms with Gasteiger partial charge in [-0.25, -0.2) is 4.79 Å². The zero-order valence-electron chi connectivity index (χ0n) is 16.9. The minimum absolute atomic E-state index is 0.0687. The molecule has 0 saturated heterocycles. The number of hydrogen-bond acceptors (Lipinski definition) is 4. The van der Waals surface area contributed by atoms with E-state index in [1.54, 1.807) is 0 Å². The van der Waals surface area contributed by atoms with Crippen molar-refractivity contribution in [3.63, 3.8) is 0 Å². The SMILES string of the molecule is CC(C)CNC(=O)NC(=O)CNc1ccccc1CN(C)C1CCCCC1. The van der Waals surface area contributed by atoms with E-state index in [-0.39, 0.29) is 12.5 Å². The molecule has 150 valence electrons. The van der Waals surface area contributed by atoms with Crippen molar-refractivity contribution in [2.45, 2.75) is 58.5 Å². The highest BCUT2D eigenvalue weighted by Crippen LogP contribution is 2.24. The van der Waals surface area contributed by atoms with Crippen LogP contribution in [-0.4, -0.2) is 43.0 Å². The molecule has 0 aliphatic heterocycles. The molecule has 0 unspecified atom stereocenters. The molecule has 2 rings (SSSR count). The summed E-state index contributed by atoms with van der Waals surface area (Å²) in [6, 6.07) is 8.25. The van der Waals surface area contributed by atoms with E-state index in [4.69, 9.17) is 0 Å². The predicted octanol–water partition coefficient (Wildman–Crippen LogP) is 3.34. The smallest absolute Gasteiger partial charge is 0.321 e. The first-order chi connectivity index (χ1) is 13.0. The lowest BCUT2D eigenvalue weighted by Crippen LogP contribution is -2.43. The zero-order chi connectivity index (χ0) is 19.6. The van der Waals surface area contributed by atoms with E-state index in [0.717, 1.165) is 12.2 Å². The van der Waals surface area contributed by atoms with Crippen LogP contribution in [0.15, 0.2) is 24.3 Å². The standard InChI is InChI=1S/C21H34N4O2/c1-16(2)13-23-21(27)24-20(26)14-22-19-12-8-7-9-17(19)15-25(3)18-10-5-4-6-11-18/h7-9,12,16,18,22H,4-6,10-11,13-15H2,1-3H3,(H2,23,24,26,27). The quantitative estimate of drug-likeness (QED) is 0.652. The van der Waals surface area contributed by atoms with Crippen molar-refractivity contribution in [1.29, 1.82) is 0 Å². The number of anilines is 1. The van der Waals surface area contributed by atoms with E-state index in [1.165, 1.54) is 37.7 Å². The second-order valence-electron chi connectivity index (χ2n) is 7.87. The van der Waals surface area contributed by atoms with E-state index < -0.39 is 6.03 Å². The third-order valence-corrected chi connectivity index (χ3v) is 5.00. The Labute approximate surface area is 163 Å². The topological polar surface area (TPSA) is 73.5 Å². The molecule has 0 heterocycles. The van der Waals surface area contributed by atoms with Crippen LogP contribution in [0.25, 0.3) is 0 Å². The molecule has 1 aromatic rings. The highest BCUT2D eigenvalue weighted by molar-refractivity contribution is 5.96. The number of nitrogens with zero attached hydrogens (tertiary/aromatic N) is 1. The van der Waals surface area contributed by atoms with Crippen molar-refractivity contribution in [3.8, 4) is 0 Å². The molecule has 3 N–H and O–H groups in total. The highest BCUT2D eigenvalue weighted by atomic mass is 16.2. The van der Waals surface area contributed by atoms with Gasteiger partial charge >= 0.3 is 6.03 Å². The summed E-state index contributed by atoms with van der Waals surface area (Å²) in [5.41, 5.74) is 2.11. The van der Waals surface area contributed by atoms with Crippen LogP contribution < -0.4 is 16.0 Å². The minimum Gasteiger partial charge on any atom is -0.376 e. The summed E-state index contributed by atoms with van der Waals surface area (Å²) in [7, 11) is 2.18. The van der Waals surface area contributed by atoms with Gasteiger partial charge in [-0.05, 0) is 37.4 Å². The number of nitrogens with one attached hydrogen (secondary N) is 3.